The van der Waals surface area contributed by atoms with E-state index in [1.54, 1.807) is 23.0 Å². The molecule has 0 unspecified atom stereocenters. The van der Waals surface area contributed by atoms with Crippen molar-refractivity contribution < 1.29 is 18.6 Å². The standard InChI is InChI=1S/C25H33N7O4/c1-5-30(11-13-35-25(2,3)4)24-18-14-21(36-20(18)8-9-26-24)19-15-27-22-6-7-23(29-32(19)22)34-17-31-16-33-12-10-28-31/h6-9,14-15,28H,5,10-13,16-17H2,1-4H3. The van der Waals surface area contributed by atoms with Crippen LogP contribution in [0.2, 0.25) is 0 Å². The van der Waals surface area contributed by atoms with Gasteiger partial charge >= 0.3 is 0 Å². The van der Waals surface area contributed by atoms with Crippen molar-refractivity contribution in [3.8, 4) is 17.3 Å². The molecule has 0 bridgehead atoms. The molecule has 5 heterocycles. The van der Waals surface area contributed by atoms with Crippen LogP contribution < -0.4 is 15.1 Å². The van der Waals surface area contributed by atoms with Gasteiger partial charge in [0.25, 0.3) is 0 Å². The Morgan fingerprint density at radius 2 is 2.08 bits per heavy atom. The zero-order valence-electron chi connectivity index (χ0n) is 21.2. The number of furan rings is 1. The molecule has 1 saturated heterocycles. The molecular formula is C25H33N7O4. The van der Waals surface area contributed by atoms with E-state index >= 15 is 0 Å². The Labute approximate surface area is 209 Å². The van der Waals surface area contributed by atoms with Crippen LogP contribution in [0.4, 0.5) is 5.82 Å². The third kappa shape index (κ3) is 5.44. The summed E-state index contributed by atoms with van der Waals surface area (Å²) in [6.07, 6.45) is 3.53. The van der Waals surface area contributed by atoms with E-state index in [0.29, 0.717) is 44.0 Å². The number of fused-ring (bicyclic) bond motifs is 2. The van der Waals surface area contributed by atoms with Gasteiger partial charge in [0.05, 0.1) is 30.4 Å². The summed E-state index contributed by atoms with van der Waals surface area (Å²) in [6, 6.07) is 7.55. The minimum atomic E-state index is -0.182. The highest BCUT2D eigenvalue weighted by Crippen LogP contribution is 2.33. The van der Waals surface area contributed by atoms with Crippen molar-refractivity contribution in [3.63, 3.8) is 0 Å². The molecule has 4 aromatic heterocycles. The maximum Gasteiger partial charge on any atom is 0.233 e. The van der Waals surface area contributed by atoms with E-state index < -0.39 is 0 Å². The predicted octanol–water partition coefficient (Wildman–Crippen LogP) is 3.31. The summed E-state index contributed by atoms with van der Waals surface area (Å²) in [5.41, 5.74) is 5.22. The van der Waals surface area contributed by atoms with E-state index in [4.69, 9.17) is 18.6 Å². The summed E-state index contributed by atoms with van der Waals surface area (Å²) in [7, 11) is 0. The maximum atomic E-state index is 6.24. The molecule has 1 fully saturated rings. The van der Waals surface area contributed by atoms with Gasteiger partial charge in [-0.15, -0.1) is 5.10 Å². The highest BCUT2D eigenvalue weighted by Gasteiger charge is 2.19. The van der Waals surface area contributed by atoms with Crippen LogP contribution in [0.15, 0.2) is 41.1 Å². The number of aromatic nitrogens is 4. The van der Waals surface area contributed by atoms with Crippen LogP contribution in [0.25, 0.3) is 28.1 Å². The second-order valence-electron chi connectivity index (χ2n) is 9.54. The van der Waals surface area contributed by atoms with Crippen LogP contribution in [0.1, 0.15) is 27.7 Å². The van der Waals surface area contributed by atoms with Gasteiger partial charge in [-0.05, 0) is 45.9 Å². The Kier molecular flexibility index (Phi) is 7.06. The average Bonchev–Trinajstić information content (AvgIpc) is 3.49. The Balaban J connectivity index is 1.40. The fraction of sp³-hybridized carbons (Fsp3) is 0.480. The molecule has 0 aliphatic carbocycles. The molecule has 1 N–H and O–H groups in total. The van der Waals surface area contributed by atoms with E-state index in [2.05, 4.69) is 53.1 Å². The van der Waals surface area contributed by atoms with Crippen molar-refractivity contribution in [2.24, 2.45) is 0 Å². The largest absolute Gasteiger partial charge is 0.459 e. The summed E-state index contributed by atoms with van der Waals surface area (Å²) < 4.78 is 25.2. The number of pyridine rings is 1. The first-order chi connectivity index (χ1) is 17.4. The molecular weight excluding hydrogens is 462 g/mol. The lowest BCUT2D eigenvalue weighted by Crippen LogP contribution is -2.47. The van der Waals surface area contributed by atoms with Crippen molar-refractivity contribution in [1.82, 2.24) is 30.0 Å². The lowest BCUT2D eigenvalue weighted by Gasteiger charge is -2.26. The molecule has 0 spiro atoms. The Bertz CT molecular complexity index is 1310. The van der Waals surface area contributed by atoms with Gasteiger partial charge < -0.3 is 23.5 Å². The fourth-order valence-corrected chi connectivity index (χ4v) is 4.03. The molecule has 1 aliphatic rings. The highest BCUT2D eigenvalue weighted by molar-refractivity contribution is 5.91. The van der Waals surface area contributed by atoms with E-state index in [9.17, 15) is 0 Å². The number of hydrogen-bond donors (Lipinski definition) is 1. The Morgan fingerprint density at radius 3 is 2.86 bits per heavy atom. The van der Waals surface area contributed by atoms with Gasteiger partial charge in [0.15, 0.2) is 18.1 Å². The van der Waals surface area contributed by atoms with Crippen molar-refractivity contribution in [2.45, 2.75) is 33.3 Å². The number of likely N-dealkylation sites (N-methyl/N-ethyl adjacent to an activating group) is 1. The SMILES string of the molecule is CCN(CCOC(C)(C)C)c1nccc2oc(-c3cnc4ccc(OCN5COCCN5)nn34)cc12. The first-order valence-corrected chi connectivity index (χ1v) is 12.2. The van der Waals surface area contributed by atoms with Gasteiger partial charge in [-0.25, -0.2) is 19.9 Å². The van der Waals surface area contributed by atoms with E-state index in [0.717, 1.165) is 42.1 Å². The van der Waals surface area contributed by atoms with Crippen LogP contribution in [-0.4, -0.2) is 76.5 Å². The third-order valence-electron chi connectivity index (χ3n) is 5.79. The van der Waals surface area contributed by atoms with Gasteiger partial charge in [-0.1, -0.05) is 0 Å². The number of ether oxygens (including phenoxy) is 3. The second-order valence-corrected chi connectivity index (χ2v) is 9.54. The molecule has 0 radical (unpaired) electrons. The topological polar surface area (TPSA) is 102 Å². The monoisotopic (exact) mass is 495 g/mol. The van der Waals surface area contributed by atoms with E-state index in [-0.39, 0.29) is 5.60 Å². The molecule has 1 aliphatic heterocycles. The molecule has 36 heavy (non-hydrogen) atoms. The first kappa shape index (κ1) is 24.4. The highest BCUT2D eigenvalue weighted by atomic mass is 16.5. The van der Waals surface area contributed by atoms with Crippen molar-refractivity contribution in [2.75, 3.05) is 51.2 Å². The Hall–Kier alpha value is -3.25. The zero-order chi connectivity index (χ0) is 25.1. The number of hydrogen-bond acceptors (Lipinski definition) is 10. The number of rotatable bonds is 9. The fourth-order valence-electron chi connectivity index (χ4n) is 4.03. The molecule has 0 aromatic carbocycles. The van der Waals surface area contributed by atoms with Crippen LogP contribution in [0, 0.1) is 0 Å². The minimum absolute atomic E-state index is 0.182. The van der Waals surface area contributed by atoms with Gasteiger partial charge in [-0.3, -0.25) is 0 Å². The second kappa shape index (κ2) is 10.4. The molecule has 11 heteroatoms. The predicted molar refractivity (Wildman–Crippen MR) is 136 cm³/mol. The summed E-state index contributed by atoms with van der Waals surface area (Å²) >= 11 is 0. The first-order valence-electron chi connectivity index (χ1n) is 12.2. The van der Waals surface area contributed by atoms with E-state index in [1.165, 1.54) is 0 Å². The van der Waals surface area contributed by atoms with Crippen LogP contribution in [-0.2, 0) is 9.47 Å². The van der Waals surface area contributed by atoms with Gasteiger partial charge in [-0.2, -0.15) is 5.01 Å². The number of nitrogens with zero attached hydrogens (tertiary/aromatic N) is 6. The quantitative estimate of drug-likeness (QED) is 0.372. The molecule has 4 aromatic rings. The molecule has 0 atom stereocenters. The summed E-state index contributed by atoms with van der Waals surface area (Å²) in [4.78, 5) is 11.4. The zero-order valence-corrected chi connectivity index (χ0v) is 21.2. The maximum absolute atomic E-state index is 6.24. The lowest BCUT2D eigenvalue weighted by molar-refractivity contribution is -0.0779. The number of imidazole rings is 1. The number of anilines is 1. The van der Waals surface area contributed by atoms with E-state index in [1.807, 2.05) is 23.2 Å². The van der Waals surface area contributed by atoms with Crippen LogP contribution in [0.5, 0.6) is 5.88 Å². The number of nitrogens with one attached hydrogen (secondary N) is 1. The van der Waals surface area contributed by atoms with Crippen molar-refractivity contribution >= 4 is 22.4 Å². The van der Waals surface area contributed by atoms with Crippen molar-refractivity contribution in [1.29, 1.82) is 0 Å². The molecule has 5 rings (SSSR count). The summed E-state index contributed by atoms with van der Waals surface area (Å²) in [5.74, 6) is 2.00. The number of hydrazine groups is 1. The summed E-state index contributed by atoms with van der Waals surface area (Å²) in [6.45, 7) is 12.7. The summed E-state index contributed by atoms with van der Waals surface area (Å²) in [5, 5.41) is 7.42. The Morgan fingerprint density at radius 1 is 1.19 bits per heavy atom. The van der Waals surface area contributed by atoms with Crippen LogP contribution >= 0.6 is 0 Å². The normalized spacial score (nSPS) is 15.1. The average molecular weight is 496 g/mol. The minimum Gasteiger partial charge on any atom is -0.459 e. The van der Waals surface area contributed by atoms with Crippen LogP contribution in [0.3, 0.4) is 0 Å². The third-order valence-corrected chi connectivity index (χ3v) is 5.79. The van der Waals surface area contributed by atoms with Crippen molar-refractivity contribution in [3.05, 3.63) is 36.7 Å². The smallest absolute Gasteiger partial charge is 0.233 e. The molecule has 11 nitrogen and oxygen atoms in total. The van der Waals surface area contributed by atoms with Gasteiger partial charge in [0.2, 0.25) is 5.88 Å². The molecule has 0 saturated carbocycles. The lowest BCUT2D eigenvalue weighted by atomic mass is 10.2. The molecule has 0 amide bonds. The molecule has 192 valence electrons. The van der Waals surface area contributed by atoms with Gasteiger partial charge in [0, 0.05) is 31.9 Å². The van der Waals surface area contributed by atoms with Gasteiger partial charge in [0.1, 0.15) is 23.8 Å².